The van der Waals surface area contributed by atoms with Crippen LogP contribution in [0, 0.1) is 0 Å². The Bertz CT molecular complexity index is 649. The molecule has 0 spiro atoms. The highest BCUT2D eigenvalue weighted by Crippen LogP contribution is 2.28. The fraction of sp³-hybridized carbons (Fsp3) is 0.438. The van der Waals surface area contributed by atoms with Crippen molar-refractivity contribution in [2.75, 3.05) is 24.6 Å². The van der Waals surface area contributed by atoms with Crippen LogP contribution in [-0.2, 0) is 22.5 Å². The molecule has 7 heteroatoms. The molecule has 1 aromatic rings. The van der Waals surface area contributed by atoms with E-state index in [-0.39, 0.29) is 12.1 Å². The normalized spacial score (nSPS) is 20.0. The van der Waals surface area contributed by atoms with Gasteiger partial charge in [-0.25, -0.2) is 4.79 Å². The monoisotopic (exact) mass is 333 g/mol. The van der Waals surface area contributed by atoms with Crippen LogP contribution in [0.25, 0.3) is 0 Å². The van der Waals surface area contributed by atoms with Gasteiger partial charge in [-0.1, -0.05) is 18.3 Å². The van der Waals surface area contributed by atoms with Crippen molar-refractivity contribution in [1.29, 1.82) is 0 Å². The van der Waals surface area contributed by atoms with Crippen LogP contribution >= 0.6 is 12.2 Å². The van der Waals surface area contributed by atoms with Gasteiger partial charge in [-0.3, -0.25) is 9.69 Å². The maximum atomic E-state index is 12.1. The van der Waals surface area contributed by atoms with E-state index in [0.717, 1.165) is 30.6 Å². The average molecular weight is 333 g/mol. The van der Waals surface area contributed by atoms with Gasteiger partial charge in [0.25, 0.3) is 0 Å². The van der Waals surface area contributed by atoms with Crippen molar-refractivity contribution in [2.45, 2.75) is 25.9 Å². The highest BCUT2D eigenvalue weighted by Gasteiger charge is 2.34. The number of thiocarbonyl (C=S) groups is 1. The third-order valence-corrected chi connectivity index (χ3v) is 4.35. The van der Waals surface area contributed by atoms with Crippen LogP contribution in [-0.4, -0.2) is 48.1 Å². The number of amides is 2. The van der Waals surface area contributed by atoms with Crippen molar-refractivity contribution in [3.05, 3.63) is 29.3 Å². The second-order valence-corrected chi connectivity index (χ2v) is 6.43. The largest absolute Gasteiger partial charge is 0.447 e. The first-order valence-electron chi connectivity index (χ1n) is 7.60. The standard InChI is InChI=1S/C16H19N3O3S/c1-11(23)17-7-15-9-22-16(21)19(15)14-3-2-12-4-5-18(10-20)8-13(12)6-14/h2-3,6,10,15H,4-5,7-9H2,1H3,(H,17,23). The van der Waals surface area contributed by atoms with E-state index in [0.29, 0.717) is 24.7 Å². The number of carbonyl (C=O) groups excluding carboxylic acids is 2. The topological polar surface area (TPSA) is 61.9 Å². The van der Waals surface area contributed by atoms with Crippen molar-refractivity contribution >= 4 is 35.4 Å². The number of benzene rings is 1. The second-order valence-electron chi connectivity index (χ2n) is 5.82. The van der Waals surface area contributed by atoms with Gasteiger partial charge in [-0.05, 0) is 36.6 Å². The smallest absolute Gasteiger partial charge is 0.414 e. The number of ether oxygens (including phenoxy) is 1. The van der Waals surface area contributed by atoms with Crippen molar-refractivity contribution in [1.82, 2.24) is 10.2 Å². The van der Waals surface area contributed by atoms with Gasteiger partial charge in [-0.15, -0.1) is 0 Å². The van der Waals surface area contributed by atoms with Gasteiger partial charge >= 0.3 is 6.09 Å². The fourth-order valence-electron chi connectivity index (χ4n) is 2.99. The number of hydrogen-bond acceptors (Lipinski definition) is 4. The van der Waals surface area contributed by atoms with Gasteiger partial charge in [0.05, 0.1) is 11.0 Å². The number of anilines is 1. The van der Waals surface area contributed by atoms with E-state index < -0.39 is 0 Å². The number of fused-ring (bicyclic) bond motifs is 1. The average Bonchev–Trinajstić information content (AvgIpc) is 2.92. The molecule has 1 fully saturated rings. The third kappa shape index (κ3) is 3.29. The first-order valence-corrected chi connectivity index (χ1v) is 8.01. The van der Waals surface area contributed by atoms with E-state index in [9.17, 15) is 9.59 Å². The van der Waals surface area contributed by atoms with E-state index in [1.807, 2.05) is 25.1 Å². The quantitative estimate of drug-likeness (QED) is 0.668. The van der Waals surface area contributed by atoms with Crippen molar-refractivity contribution in [3.8, 4) is 0 Å². The van der Waals surface area contributed by atoms with E-state index in [1.54, 1.807) is 9.80 Å². The lowest BCUT2D eigenvalue weighted by Crippen LogP contribution is -2.42. The summed E-state index contributed by atoms with van der Waals surface area (Å²) in [6, 6.07) is 5.87. The molecule has 2 heterocycles. The molecule has 1 saturated heterocycles. The van der Waals surface area contributed by atoms with Crippen LogP contribution in [0.4, 0.5) is 10.5 Å². The molecule has 1 atom stereocenters. The maximum Gasteiger partial charge on any atom is 0.414 e. The van der Waals surface area contributed by atoms with E-state index in [4.69, 9.17) is 17.0 Å². The molecule has 2 aliphatic rings. The minimum Gasteiger partial charge on any atom is -0.447 e. The lowest BCUT2D eigenvalue weighted by Gasteiger charge is -2.28. The zero-order valence-electron chi connectivity index (χ0n) is 12.9. The lowest BCUT2D eigenvalue weighted by molar-refractivity contribution is -0.118. The van der Waals surface area contributed by atoms with Gasteiger partial charge < -0.3 is 15.0 Å². The van der Waals surface area contributed by atoms with Gasteiger partial charge in [0.15, 0.2) is 0 Å². The van der Waals surface area contributed by atoms with Gasteiger partial charge in [-0.2, -0.15) is 0 Å². The number of rotatable bonds is 4. The van der Waals surface area contributed by atoms with Crippen LogP contribution in [0.2, 0.25) is 0 Å². The lowest BCUT2D eigenvalue weighted by atomic mass is 9.99. The fourth-order valence-corrected chi connectivity index (χ4v) is 3.08. The number of hydrogen-bond donors (Lipinski definition) is 1. The highest BCUT2D eigenvalue weighted by molar-refractivity contribution is 7.80. The Hall–Kier alpha value is -2.15. The maximum absolute atomic E-state index is 12.1. The zero-order valence-corrected chi connectivity index (χ0v) is 13.8. The predicted molar refractivity (Wildman–Crippen MR) is 90.5 cm³/mol. The minimum absolute atomic E-state index is 0.0933. The number of nitrogens with zero attached hydrogens (tertiary/aromatic N) is 2. The molecular formula is C16H19N3O3S. The Kier molecular flexibility index (Phi) is 4.47. The molecule has 1 unspecified atom stereocenters. The highest BCUT2D eigenvalue weighted by atomic mass is 32.1. The molecule has 0 aliphatic carbocycles. The third-order valence-electron chi connectivity index (χ3n) is 4.21. The summed E-state index contributed by atoms with van der Waals surface area (Å²) in [5.74, 6) is 0. The minimum atomic E-state index is -0.346. The molecule has 0 saturated carbocycles. The SMILES string of the molecule is CC(=S)NCC1COC(=O)N1c1ccc2c(c1)CN(C=O)CC2. The van der Waals surface area contributed by atoms with Crippen molar-refractivity contribution < 1.29 is 14.3 Å². The molecule has 0 radical (unpaired) electrons. The summed E-state index contributed by atoms with van der Waals surface area (Å²) in [6.07, 6.45) is 1.37. The Labute approximate surface area is 140 Å². The molecule has 122 valence electrons. The van der Waals surface area contributed by atoms with Gasteiger partial charge in [0, 0.05) is 25.3 Å². The van der Waals surface area contributed by atoms with Crippen molar-refractivity contribution in [2.24, 2.45) is 0 Å². The number of carbonyl (C=O) groups is 2. The summed E-state index contributed by atoms with van der Waals surface area (Å²) in [7, 11) is 0. The Morgan fingerprint density at radius 2 is 2.30 bits per heavy atom. The molecule has 3 rings (SSSR count). The number of cyclic esters (lactones) is 1. The molecule has 2 aliphatic heterocycles. The molecule has 1 aromatic carbocycles. The molecule has 23 heavy (non-hydrogen) atoms. The van der Waals surface area contributed by atoms with Crippen molar-refractivity contribution in [3.63, 3.8) is 0 Å². The molecular weight excluding hydrogens is 314 g/mol. The summed E-state index contributed by atoms with van der Waals surface area (Å²) in [4.78, 5) is 27.2. The van der Waals surface area contributed by atoms with Gasteiger partial charge in [0.1, 0.15) is 6.61 Å². The van der Waals surface area contributed by atoms with Crippen LogP contribution in [0.15, 0.2) is 18.2 Å². The van der Waals surface area contributed by atoms with Crippen LogP contribution in [0.5, 0.6) is 0 Å². The summed E-state index contributed by atoms with van der Waals surface area (Å²) in [6.45, 7) is 4.02. The Morgan fingerprint density at radius 3 is 3.04 bits per heavy atom. The number of nitrogens with one attached hydrogen (secondary N) is 1. The Balaban J connectivity index is 1.83. The van der Waals surface area contributed by atoms with E-state index in [2.05, 4.69) is 5.32 Å². The zero-order chi connectivity index (χ0) is 16.4. The first-order chi connectivity index (χ1) is 11.1. The second kappa shape index (κ2) is 6.54. The summed E-state index contributed by atoms with van der Waals surface area (Å²) in [5, 5.41) is 3.09. The summed E-state index contributed by atoms with van der Waals surface area (Å²) in [5.41, 5.74) is 3.11. The molecule has 1 N–H and O–H groups in total. The van der Waals surface area contributed by atoms with Crippen LogP contribution in [0.3, 0.4) is 0 Å². The van der Waals surface area contributed by atoms with Crippen LogP contribution in [0.1, 0.15) is 18.1 Å². The predicted octanol–water partition coefficient (Wildman–Crippen LogP) is 1.46. The Morgan fingerprint density at radius 1 is 1.48 bits per heavy atom. The molecule has 2 amide bonds. The van der Waals surface area contributed by atoms with Crippen LogP contribution < -0.4 is 10.2 Å². The summed E-state index contributed by atoms with van der Waals surface area (Å²) >= 11 is 5.03. The van der Waals surface area contributed by atoms with E-state index in [1.165, 1.54) is 5.56 Å². The summed E-state index contributed by atoms with van der Waals surface area (Å²) < 4.78 is 5.19. The van der Waals surface area contributed by atoms with E-state index >= 15 is 0 Å². The molecule has 0 bridgehead atoms. The molecule has 6 nitrogen and oxygen atoms in total. The van der Waals surface area contributed by atoms with Gasteiger partial charge in [0.2, 0.25) is 6.41 Å². The first kappa shape index (κ1) is 15.7. The molecule has 0 aromatic heterocycles.